The first-order valence-corrected chi connectivity index (χ1v) is 9.31. The van der Waals surface area contributed by atoms with Crippen LogP contribution in [-0.2, 0) is 20.7 Å². The molecule has 2 heterocycles. The van der Waals surface area contributed by atoms with Crippen LogP contribution in [0.2, 0.25) is 0 Å². The number of thiophene rings is 1. The summed E-state index contributed by atoms with van der Waals surface area (Å²) in [6.07, 6.45) is 0.0712. The van der Waals surface area contributed by atoms with Crippen LogP contribution in [0.25, 0.3) is 9.88 Å². The van der Waals surface area contributed by atoms with Gasteiger partial charge in [-0.15, -0.1) is 22.7 Å². The van der Waals surface area contributed by atoms with Gasteiger partial charge >= 0.3 is 5.97 Å². The maximum atomic E-state index is 12.0. The van der Waals surface area contributed by atoms with E-state index in [1.807, 2.05) is 36.7 Å². The number of likely N-dealkylation sites (N-methyl/N-ethyl adjacent to an activating group) is 1. The van der Waals surface area contributed by atoms with Crippen molar-refractivity contribution in [3.63, 3.8) is 0 Å². The summed E-state index contributed by atoms with van der Waals surface area (Å²) in [7, 11) is 0. The highest BCUT2D eigenvalue weighted by atomic mass is 32.1. The lowest BCUT2D eigenvalue weighted by atomic mass is 10.3. The third-order valence-corrected chi connectivity index (χ3v) is 5.09. The van der Waals surface area contributed by atoms with Crippen LogP contribution in [0.1, 0.15) is 19.5 Å². The SMILES string of the molecule is C=C(C)CN(CC)C(=O)COC(=O)Cc1csc(-c2cccs2)n1. The van der Waals surface area contributed by atoms with Crippen molar-refractivity contribution in [3.8, 4) is 9.88 Å². The number of carbonyl (C=O) groups excluding carboxylic acids is 2. The smallest absolute Gasteiger partial charge is 0.312 e. The largest absolute Gasteiger partial charge is 0.455 e. The van der Waals surface area contributed by atoms with Crippen LogP contribution >= 0.6 is 22.7 Å². The zero-order chi connectivity index (χ0) is 17.5. The van der Waals surface area contributed by atoms with E-state index in [2.05, 4.69) is 11.6 Å². The van der Waals surface area contributed by atoms with Crippen molar-refractivity contribution in [1.82, 2.24) is 9.88 Å². The van der Waals surface area contributed by atoms with Gasteiger partial charge in [-0.2, -0.15) is 0 Å². The van der Waals surface area contributed by atoms with E-state index in [0.29, 0.717) is 18.8 Å². The van der Waals surface area contributed by atoms with Gasteiger partial charge in [-0.25, -0.2) is 4.98 Å². The summed E-state index contributed by atoms with van der Waals surface area (Å²) in [5.41, 5.74) is 1.55. The van der Waals surface area contributed by atoms with Gasteiger partial charge in [0.25, 0.3) is 5.91 Å². The molecule has 1 amide bonds. The molecule has 2 aromatic rings. The summed E-state index contributed by atoms with van der Waals surface area (Å²) in [5, 5.41) is 4.72. The Labute approximate surface area is 149 Å². The average Bonchev–Trinajstić information content (AvgIpc) is 3.21. The van der Waals surface area contributed by atoms with E-state index in [1.165, 1.54) is 11.3 Å². The normalized spacial score (nSPS) is 10.4. The summed E-state index contributed by atoms with van der Waals surface area (Å²) < 4.78 is 5.08. The van der Waals surface area contributed by atoms with Gasteiger partial charge in [-0.05, 0) is 25.3 Å². The number of hydrogen-bond donors (Lipinski definition) is 0. The average molecular weight is 364 g/mol. The highest BCUT2D eigenvalue weighted by molar-refractivity contribution is 7.20. The molecule has 0 aromatic carbocycles. The fourth-order valence-corrected chi connectivity index (χ4v) is 3.67. The van der Waals surface area contributed by atoms with Gasteiger partial charge in [0, 0.05) is 18.5 Å². The number of rotatable bonds is 8. The van der Waals surface area contributed by atoms with E-state index >= 15 is 0 Å². The second-order valence-electron chi connectivity index (χ2n) is 5.32. The van der Waals surface area contributed by atoms with Gasteiger partial charge < -0.3 is 9.64 Å². The Kier molecular flexibility index (Phi) is 6.69. The molecule has 0 saturated heterocycles. The van der Waals surface area contributed by atoms with Crippen molar-refractivity contribution in [3.05, 3.63) is 40.7 Å². The van der Waals surface area contributed by atoms with Crippen LogP contribution in [0.3, 0.4) is 0 Å². The molecule has 24 heavy (non-hydrogen) atoms. The van der Waals surface area contributed by atoms with Crippen LogP contribution in [0.5, 0.6) is 0 Å². The third-order valence-electron chi connectivity index (χ3n) is 3.16. The maximum Gasteiger partial charge on any atom is 0.312 e. The van der Waals surface area contributed by atoms with Gasteiger partial charge in [-0.1, -0.05) is 18.2 Å². The van der Waals surface area contributed by atoms with Gasteiger partial charge in [-0.3, -0.25) is 9.59 Å². The van der Waals surface area contributed by atoms with E-state index < -0.39 is 5.97 Å². The molecule has 0 unspecified atom stereocenters. The van der Waals surface area contributed by atoms with Crippen molar-refractivity contribution in [1.29, 1.82) is 0 Å². The van der Waals surface area contributed by atoms with Crippen LogP contribution < -0.4 is 0 Å². The fraction of sp³-hybridized carbons (Fsp3) is 0.353. The summed E-state index contributed by atoms with van der Waals surface area (Å²) in [6.45, 7) is 8.31. The molecule has 2 rings (SSSR count). The second kappa shape index (κ2) is 8.75. The molecule has 7 heteroatoms. The standard InChI is InChI=1S/C17H20N2O3S2/c1-4-19(9-12(2)3)15(20)10-22-16(21)8-13-11-24-17(18-13)14-6-5-7-23-14/h5-7,11H,2,4,8-10H2,1,3H3. The molecule has 0 spiro atoms. The maximum absolute atomic E-state index is 12.0. The van der Waals surface area contributed by atoms with Crippen molar-refractivity contribution >= 4 is 34.6 Å². The molecule has 5 nitrogen and oxygen atoms in total. The molecule has 2 aromatic heterocycles. The number of amides is 1. The highest BCUT2D eigenvalue weighted by Gasteiger charge is 2.15. The number of ether oxygens (including phenoxy) is 1. The van der Waals surface area contributed by atoms with Gasteiger partial charge in [0.2, 0.25) is 0 Å². The molecule has 0 N–H and O–H groups in total. The first kappa shape index (κ1) is 18.4. The topological polar surface area (TPSA) is 59.5 Å². The molecule has 0 aliphatic rings. The Balaban J connectivity index is 1.83. The molecule has 0 radical (unpaired) electrons. The molecule has 128 valence electrons. The first-order valence-electron chi connectivity index (χ1n) is 7.55. The van der Waals surface area contributed by atoms with Crippen LogP contribution in [0, 0.1) is 0 Å². The molecular weight excluding hydrogens is 344 g/mol. The first-order chi connectivity index (χ1) is 11.5. The Morgan fingerprint density at radius 3 is 2.79 bits per heavy atom. The van der Waals surface area contributed by atoms with Crippen molar-refractivity contribution in [2.24, 2.45) is 0 Å². The Hall–Kier alpha value is -1.99. The Bertz CT molecular complexity index is 707. The molecule has 0 saturated carbocycles. The van der Waals surface area contributed by atoms with E-state index in [0.717, 1.165) is 15.5 Å². The van der Waals surface area contributed by atoms with Gasteiger partial charge in [0.1, 0.15) is 5.01 Å². The Morgan fingerprint density at radius 1 is 1.38 bits per heavy atom. The lowest BCUT2D eigenvalue weighted by Crippen LogP contribution is -2.35. The molecule has 0 bridgehead atoms. The number of thiazole rings is 1. The number of carbonyl (C=O) groups is 2. The number of aromatic nitrogens is 1. The number of nitrogens with zero attached hydrogens (tertiary/aromatic N) is 2. The van der Waals surface area contributed by atoms with Gasteiger partial charge in [0.05, 0.1) is 17.0 Å². The summed E-state index contributed by atoms with van der Waals surface area (Å²) in [6, 6.07) is 3.95. The minimum Gasteiger partial charge on any atom is -0.455 e. The number of hydrogen-bond acceptors (Lipinski definition) is 6. The van der Waals surface area contributed by atoms with Crippen LogP contribution in [0.4, 0.5) is 0 Å². The minimum atomic E-state index is -0.447. The monoisotopic (exact) mass is 364 g/mol. The zero-order valence-corrected chi connectivity index (χ0v) is 15.4. The van der Waals surface area contributed by atoms with Gasteiger partial charge in [0.15, 0.2) is 6.61 Å². The van der Waals surface area contributed by atoms with E-state index in [1.54, 1.807) is 16.2 Å². The molecule has 0 aliphatic carbocycles. The predicted octanol–water partition coefficient (Wildman–Crippen LogP) is 3.38. The second-order valence-corrected chi connectivity index (χ2v) is 7.13. The van der Waals surface area contributed by atoms with Crippen molar-refractivity contribution < 1.29 is 14.3 Å². The summed E-state index contributed by atoms with van der Waals surface area (Å²) >= 11 is 3.10. The molecular formula is C17H20N2O3S2. The number of esters is 1. The fourth-order valence-electron chi connectivity index (χ4n) is 2.04. The lowest BCUT2D eigenvalue weighted by molar-refractivity contribution is -0.151. The van der Waals surface area contributed by atoms with E-state index in [9.17, 15) is 9.59 Å². The quantitative estimate of drug-likeness (QED) is 0.532. The summed E-state index contributed by atoms with van der Waals surface area (Å²) in [4.78, 5) is 31.0. The predicted molar refractivity (Wildman–Crippen MR) is 97.2 cm³/mol. The zero-order valence-electron chi connectivity index (χ0n) is 13.8. The molecule has 0 fully saturated rings. The van der Waals surface area contributed by atoms with Crippen molar-refractivity contribution in [2.75, 3.05) is 19.7 Å². The Morgan fingerprint density at radius 2 is 2.17 bits per heavy atom. The summed E-state index contributed by atoms with van der Waals surface area (Å²) in [5.74, 6) is -0.663. The molecule has 0 aliphatic heterocycles. The van der Waals surface area contributed by atoms with E-state index in [-0.39, 0.29) is 18.9 Å². The lowest BCUT2D eigenvalue weighted by Gasteiger charge is -2.20. The van der Waals surface area contributed by atoms with Crippen molar-refractivity contribution in [2.45, 2.75) is 20.3 Å². The molecule has 0 atom stereocenters. The van der Waals surface area contributed by atoms with Crippen LogP contribution in [0.15, 0.2) is 35.0 Å². The highest BCUT2D eigenvalue weighted by Crippen LogP contribution is 2.27. The van der Waals surface area contributed by atoms with Crippen LogP contribution in [-0.4, -0.2) is 41.5 Å². The van der Waals surface area contributed by atoms with E-state index in [4.69, 9.17) is 4.74 Å². The minimum absolute atomic E-state index is 0.0712. The third kappa shape index (κ3) is 5.28.